The predicted molar refractivity (Wildman–Crippen MR) is 61.4 cm³/mol. The molecular weight excluding hydrogens is 220 g/mol. The largest absolute Gasteiger partial charge is 0.369 e. The molecule has 1 heterocycles. The molecule has 6 nitrogen and oxygen atoms in total. The molecule has 6 heteroatoms. The van der Waals surface area contributed by atoms with Gasteiger partial charge in [-0.25, -0.2) is 4.98 Å². The van der Waals surface area contributed by atoms with Crippen LogP contribution in [0.25, 0.3) is 0 Å². The first kappa shape index (κ1) is 11.3. The minimum Gasteiger partial charge on any atom is -0.369 e. The fourth-order valence-corrected chi connectivity index (χ4v) is 1.72. The molecule has 0 atom stereocenters. The lowest BCUT2D eigenvalue weighted by atomic mass is 9.85. The van der Waals surface area contributed by atoms with Crippen LogP contribution in [0.4, 0.5) is 11.5 Å². The van der Waals surface area contributed by atoms with E-state index in [9.17, 15) is 10.1 Å². The van der Waals surface area contributed by atoms with E-state index in [-0.39, 0.29) is 11.3 Å². The van der Waals surface area contributed by atoms with Crippen molar-refractivity contribution in [3.63, 3.8) is 0 Å². The van der Waals surface area contributed by atoms with E-state index in [2.05, 4.69) is 10.3 Å². The van der Waals surface area contributed by atoms with Crippen LogP contribution in [-0.4, -0.2) is 16.5 Å². The zero-order valence-electron chi connectivity index (χ0n) is 9.22. The van der Waals surface area contributed by atoms with Crippen LogP contribution in [0.2, 0.25) is 0 Å². The van der Waals surface area contributed by atoms with Gasteiger partial charge in [-0.2, -0.15) is 5.26 Å². The number of hydrogen-bond donors (Lipinski definition) is 1. The summed E-state index contributed by atoms with van der Waals surface area (Å²) in [6, 6.07) is 3.17. The zero-order valence-corrected chi connectivity index (χ0v) is 9.22. The van der Waals surface area contributed by atoms with Crippen LogP contribution in [-0.2, 0) is 0 Å². The summed E-state index contributed by atoms with van der Waals surface area (Å²) in [5.41, 5.74) is 0.0641. The number of pyridine rings is 1. The summed E-state index contributed by atoms with van der Waals surface area (Å²) < 4.78 is 0. The van der Waals surface area contributed by atoms with Crippen molar-refractivity contribution in [2.24, 2.45) is 5.92 Å². The lowest BCUT2D eigenvalue weighted by Gasteiger charge is -2.25. The Bertz CT molecular complexity index is 477. The van der Waals surface area contributed by atoms with Gasteiger partial charge in [0.2, 0.25) is 0 Å². The number of aromatic nitrogens is 1. The van der Waals surface area contributed by atoms with Crippen LogP contribution >= 0.6 is 0 Å². The molecule has 0 amide bonds. The molecule has 1 N–H and O–H groups in total. The number of anilines is 1. The molecule has 1 saturated carbocycles. The molecule has 0 aliphatic heterocycles. The van der Waals surface area contributed by atoms with Gasteiger partial charge in [0.15, 0.2) is 0 Å². The number of rotatable bonds is 4. The van der Waals surface area contributed by atoms with E-state index in [1.807, 2.05) is 6.07 Å². The van der Waals surface area contributed by atoms with E-state index < -0.39 is 4.92 Å². The first-order chi connectivity index (χ1) is 8.20. The van der Waals surface area contributed by atoms with Crippen molar-refractivity contribution in [3.8, 4) is 6.07 Å². The van der Waals surface area contributed by atoms with Gasteiger partial charge in [-0.3, -0.25) is 10.1 Å². The summed E-state index contributed by atoms with van der Waals surface area (Å²) in [4.78, 5) is 13.9. The van der Waals surface area contributed by atoms with Gasteiger partial charge in [0, 0.05) is 12.6 Å². The van der Waals surface area contributed by atoms with Crippen molar-refractivity contribution in [1.29, 1.82) is 5.26 Å². The first-order valence-corrected chi connectivity index (χ1v) is 5.49. The van der Waals surface area contributed by atoms with Crippen LogP contribution in [0.5, 0.6) is 0 Å². The average Bonchev–Trinajstić information content (AvgIpc) is 2.27. The van der Waals surface area contributed by atoms with Crippen LogP contribution in [0.15, 0.2) is 12.3 Å². The molecule has 1 aromatic rings. The first-order valence-electron chi connectivity index (χ1n) is 5.49. The Labute approximate surface area is 98.4 Å². The van der Waals surface area contributed by atoms with Crippen molar-refractivity contribution in [3.05, 3.63) is 27.9 Å². The maximum atomic E-state index is 10.5. The molecule has 0 aromatic carbocycles. The number of nitriles is 1. The normalized spacial score (nSPS) is 14.8. The lowest BCUT2D eigenvalue weighted by Crippen LogP contribution is -2.21. The zero-order chi connectivity index (χ0) is 12.3. The van der Waals surface area contributed by atoms with Crippen LogP contribution in [0.3, 0.4) is 0 Å². The topological polar surface area (TPSA) is 91.8 Å². The Kier molecular flexibility index (Phi) is 3.19. The summed E-state index contributed by atoms with van der Waals surface area (Å²) in [6.07, 6.45) is 4.82. The number of nitrogens with zero attached hydrogens (tertiary/aromatic N) is 3. The molecule has 0 unspecified atom stereocenters. The molecule has 1 aliphatic carbocycles. The van der Waals surface area contributed by atoms with Gasteiger partial charge in [-0.15, -0.1) is 0 Å². The van der Waals surface area contributed by atoms with Crippen molar-refractivity contribution in [1.82, 2.24) is 4.98 Å². The molecule has 1 aliphatic rings. The molecule has 0 bridgehead atoms. The Morgan fingerprint density at radius 2 is 2.41 bits per heavy atom. The molecule has 0 radical (unpaired) electrons. The highest BCUT2D eigenvalue weighted by molar-refractivity contribution is 5.55. The summed E-state index contributed by atoms with van der Waals surface area (Å²) in [6.45, 7) is 0.777. The van der Waals surface area contributed by atoms with Gasteiger partial charge < -0.3 is 5.32 Å². The third-order valence-corrected chi connectivity index (χ3v) is 2.99. The highest BCUT2D eigenvalue weighted by atomic mass is 16.6. The second-order valence-electron chi connectivity index (χ2n) is 4.14. The van der Waals surface area contributed by atoms with Crippen molar-refractivity contribution in [2.75, 3.05) is 11.9 Å². The monoisotopic (exact) mass is 232 g/mol. The highest BCUT2D eigenvalue weighted by Gasteiger charge is 2.18. The van der Waals surface area contributed by atoms with Gasteiger partial charge in [-0.1, -0.05) is 6.42 Å². The lowest BCUT2D eigenvalue weighted by molar-refractivity contribution is -0.385. The van der Waals surface area contributed by atoms with Gasteiger partial charge in [-0.05, 0) is 18.8 Å². The van der Waals surface area contributed by atoms with E-state index in [1.165, 1.54) is 31.5 Å². The summed E-state index contributed by atoms with van der Waals surface area (Å²) in [7, 11) is 0. The van der Waals surface area contributed by atoms with E-state index in [0.717, 1.165) is 6.54 Å². The van der Waals surface area contributed by atoms with Crippen molar-refractivity contribution < 1.29 is 4.92 Å². The molecule has 1 aromatic heterocycles. The van der Waals surface area contributed by atoms with Crippen LogP contribution < -0.4 is 5.32 Å². The highest BCUT2D eigenvalue weighted by Crippen LogP contribution is 2.27. The van der Waals surface area contributed by atoms with Gasteiger partial charge in [0.1, 0.15) is 23.6 Å². The van der Waals surface area contributed by atoms with Crippen molar-refractivity contribution >= 4 is 11.5 Å². The molecule has 0 saturated heterocycles. The van der Waals surface area contributed by atoms with E-state index in [0.29, 0.717) is 11.7 Å². The number of nitro groups is 1. The van der Waals surface area contributed by atoms with Crippen molar-refractivity contribution in [2.45, 2.75) is 19.3 Å². The van der Waals surface area contributed by atoms with Gasteiger partial charge >= 0.3 is 0 Å². The second kappa shape index (κ2) is 4.78. The van der Waals surface area contributed by atoms with Gasteiger partial charge in [0.25, 0.3) is 5.69 Å². The van der Waals surface area contributed by atoms with Crippen LogP contribution in [0, 0.1) is 27.4 Å². The maximum Gasteiger partial charge on any atom is 0.289 e. The summed E-state index contributed by atoms with van der Waals surface area (Å²) >= 11 is 0. The minimum atomic E-state index is -0.552. The molecule has 88 valence electrons. The fourth-order valence-electron chi connectivity index (χ4n) is 1.72. The van der Waals surface area contributed by atoms with Crippen LogP contribution in [0.1, 0.15) is 24.8 Å². The maximum absolute atomic E-state index is 10.5. The molecule has 1 fully saturated rings. The predicted octanol–water partition coefficient (Wildman–Crippen LogP) is 2.07. The molecule has 0 spiro atoms. The van der Waals surface area contributed by atoms with E-state index >= 15 is 0 Å². The quantitative estimate of drug-likeness (QED) is 0.633. The third kappa shape index (κ3) is 2.50. The Hall–Kier alpha value is -2.16. The molecule has 2 rings (SSSR count). The Morgan fingerprint density at radius 3 is 2.94 bits per heavy atom. The second-order valence-corrected chi connectivity index (χ2v) is 4.14. The standard InChI is InChI=1S/C11H12N4O2/c12-5-9-4-10(15(16)17)7-14-11(9)13-6-8-2-1-3-8/h4,7-8H,1-3,6H2,(H,13,14). The average molecular weight is 232 g/mol. The number of nitrogens with one attached hydrogen (secondary N) is 1. The fraction of sp³-hybridized carbons (Fsp3) is 0.455. The minimum absolute atomic E-state index is 0.157. The summed E-state index contributed by atoms with van der Waals surface area (Å²) in [5.74, 6) is 1.07. The Morgan fingerprint density at radius 1 is 1.65 bits per heavy atom. The summed E-state index contributed by atoms with van der Waals surface area (Å²) in [5, 5.41) is 22.5. The molecule has 17 heavy (non-hydrogen) atoms. The van der Waals surface area contributed by atoms with E-state index in [4.69, 9.17) is 5.26 Å². The van der Waals surface area contributed by atoms with Gasteiger partial charge in [0.05, 0.1) is 4.92 Å². The third-order valence-electron chi connectivity index (χ3n) is 2.99. The smallest absolute Gasteiger partial charge is 0.289 e. The number of hydrogen-bond acceptors (Lipinski definition) is 5. The SMILES string of the molecule is N#Cc1cc([N+](=O)[O-])cnc1NCC1CCC1. The molecular formula is C11H12N4O2. The van der Waals surface area contributed by atoms with E-state index in [1.54, 1.807) is 0 Å². The Balaban J connectivity index is 2.10.